The molecule has 0 fully saturated rings. The van der Waals surface area contributed by atoms with Gasteiger partial charge >= 0.3 is 0 Å². The number of carbonyl (C=O) groups excluding carboxylic acids is 1. The number of rotatable bonds is 3. The number of amides is 1. The zero-order chi connectivity index (χ0) is 20.6. The summed E-state index contributed by atoms with van der Waals surface area (Å²) in [5.74, 6) is 0.909. The molecule has 0 radical (unpaired) electrons. The Balaban J connectivity index is 1.78. The van der Waals surface area contributed by atoms with Gasteiger partial charge in [-0.05, 0) is 47.4 Å². The maximum absolute atomic E-state index is 13.1. The van der Waals surface area contributed by atoms with Crippen molar-refractivity contribution in [2.75, 3.05) is 6.79 Å². The number of nitrogens with one attached hydrogen (secondary N) is 1. The van der Waals surface area contributed by atoms with Crippen LogP contribution in [0.2, 0.25) is 0 Å². The molecule has 1 aromatic heterocycles. The lowest BCUT2D eigenvalue weighted by Crippen LogP contribution is -2.31. The Hall–Kier alpha value is -3.44. The molecule has 0 saturated heterocycles. The van der Waals surface area contributed by atoms with Crippen LogP contribution in [0.15, 0.2) is 42.1 Å². The van der Waals surface area contributed by atoms with E-state index < -0.39 is 5.41 Å². The van der Waals surface area contributed by atoms with Crippen LogP contribution in [-0.4, -0.2) is 22.3 Å². The third-order valence-electron chi connectivity index (χ3n) is 4.53. The number of fused-ring (bicyclic) bond motifs is 2. The maximum Gasteiger partial charge on any atom is 0.257 e. The van der Waals surface area contributed by atoms with Crippen molar-refractivity contribution in [2.45, 2.75) is 20.8 Å². The summed E-state index contributed by atoms with van der Waals surface area (Å²) in [5.41, 5.74) is 2.20. The van der Waals surface area contributed by atoms with Gasteiger partial charge in [0.1, 0.15) is 11.6 Å². The Labute approximate surface area is 171 Å². The van der Waals surface area contributed by atoms with E-state index in [1.165, 1.54) is 11.5 Å². The molecule has 4 rings (SSSR count). The van der Waals surface area contributed by atoms with Crippen molar-refractivity contribution >= 4 is 33.2 Å². The van der Waals surface area contributed by atoms with Crippen LogP contribution in [-0.2, 0) is 0 Å². The Morgan fingerprint density at radius 1 is 1.21 bits per heavy atom. The van der Waals surface area contributed by atoms with Gasteiger partial charge in [-0.1, -0.05) is 31.3 Å². The summed E-state index contributed by atoms with van der Waals surface area (Å²) in [4.78, 5) is 13.1. The number of hydrogen-bond donors (Lipinski definition) is 1. The lowest BCUT2D eigenvalue weighted by molar-refractivity contribution is 0.0959. The normalized spacial score (nSPS) is 13.7. The lowest BCUT2D eigenvalue weighted by Gasteiger charge is -2.25. The summed E-state index contributed by atoms with van der Waals surface area (Å²) >= 11 is 1.17. The molecule has 1 aliphatic rings. The van der Waals surface area contributed by atoms with Gasteiger partial charge < -0.3 is 14.8 Å². The largest absolute Gasteiger partial charge is 0.454 e. The molecule has 0 bridgehead atoms. The molecular weight excluding hydrogens is 388 g/mol. The molecule has 0 unspecified atom stereocenters. The van der Waals surface area contributed by atoms with Crippen LogP contribution in [0.3, 0.4) is 0 Å². The maximum atomic E-state index is 13.1. The number of aromatic nitrogens is 2. The van der Waals surface area contributed by atoms with E-state index in [-0.39, 0.29) is 12.7 Å². The zero-order valence-electron chi connectivity index (χ0n) is 16.1. The second kappa shape index (κ2) is 7.18. The first-order chi connectivity index (χ1) is 13.9. The van der Waals surface area contributed by atoms with Crippen molar-refractivity contribution in [3.63, 3.8) is 0 Å². The predicted molar refractivity (Wildman–Crippen MR) is 109 cm³/mol. The molecule has 146 valence electrons. The summed E-state index contributed by atoms with van der Waals surface area (Å²) in [6.45, 7) is 5.99. The summed E-state index contributed by atoms with van der Waals surface area (Å²) in [5, 5.41) is 16.9. The van der Waals surface area contributed by atoms with E-state index in [1.807, 2.05) is 26.8 Å². The highest BCUT2D eigenvalue weighted by molar-refractivity contribution is 7.13. The summed E-state index contributed by atoms with van der Waals surface area (Å²) in [6, 6.07) is 12.9. The number of nitrogens with zero attached hydrogens (tertiary/aromatic N) is 3. The fourth-order valence-electron chi connectivity index (χ4n) is 3.11. The summed E-state index contributed by atoms with van der Waals surface area (Å²) < 4.78 is 15.4. The van der Waals surface area contributed by atoms with Gasteiger partial charge in [0, 0.05) is 11.1 Å². The van der Waals surface area contributed by atoms with Crippen molar-refractivity contribution < 1.29 is 14.3 Å². The lowest BCUT2D eigenvalue weighted by atomic mass is 9.86. The van der Waals surface area contributed by atoms with Crippen molar-refractivity contribution in [3.05, 3.63) is 53.2 Å². The molecule has 1 aliphatic heterocycles. The number of nitriles is 1. The fourth-order valence-corrected chi connectivity index (χ4v) is 3.78. The quantitative estimate of drug-likeness (QED) is 0.657. The average Bonchev–Trinajstić information content (AvgIpc) is 3.35. The van der Waals surface area contributed by atoms with Crippen LogP contribution >= 0.6 is 11.5 Å². The van der Waals surface area contributed by atoms with E-state index in [1.54, 1.807) is 30.3 Å². The van der Waals surface area contributed by atoms with Gasteiger partial charge in [-0.3, -0.25) is 4.79 Å². The molecule has 0 aliphatic carbocycles. The van der Waals surface area contributed by atoms with Crippen molar-refractivity contribution in [2.24, 2.45) is 5.41 Å². The second-order valence-corrected chi connectivity index (χ2v) is 8.31. The summed E-state index contributed by atoms with van der Waals surface area (Å²) in [7, 11) is 0. The molecule has 1 amide bonds. The van der Waals surface area contributed by atoms with E-state index in [4.69, 9.17) is 9.47 Å². The highest BCUT2D eigenvalue weighted by Gasteiger charge is 2.27. The van der Waals surface area contributed by atoms with Crippen LogP contribution in [0.1, 0.15) is 36.7 Å². The SMILES string of the molecule is CC(C)(C)C(NC(=O)c1cccc2nnsc12)=C(C#N)c1ccc2c(c1)OCO2. The minimum absolute atomic E-state index is 0.153. The minimum atomic E-state index is -0.489. The van der Waals surface area contributed by atoms with E-state index in [9.17, 15) is 10.1 Å². The molecule has 29 heavy (non-hydrogen) atoms. The van der Waals surface area contributed by atoms with Gasteiger partial charge in [-0.2, -0.15) is 5.26 Å². The Morgan fingerprint density at radius 2 is 2.00 bits per heavy atom. The Bertz CT molecular complexity index is 1180. The molecule has 0 atom stereocenters. The second-order valence-electron chi connectivity index (χ2n) is 7.56. The molecule has 7 nitrogen and oxygen atoms in total. The van der Waals surface area contributed by atoms with Crippen molar-refractivity contribution in [1.82, 2.24) is 14.9 Å². The Morgan fingerprint density at radius 3 is 2.76 bits per heavy atom. The first-order valence-corrected chi connectivity index (χ1v) is 9.73. The zero-order valence-corrected chi connectivity index (χ0v) is 17.0. The van der Waals surface area contributed by atoms with Crippen LogP contribution in [0.4, 0.5) is 0 Å². The molecule has 1 N–H and O–H groups in total. The molecule has 8 heteroatoms. The number of hydrogen-bond acceptors (Lipinski definition) is 7. The van der Waals surface area contributed by atoms with Gasteiger partial charge in [0.25, 0.3) is 5.91 Å². The van der Waals surface area contributed by atoms with E-state index in [2.05, 4.69) is 21.0 Å². The van der Waals surface area contributed by atoms with Gasteiger partial charge in [0.05, 0.1) is 15.8 Å². The third-order valence-corrected chi connectivity index (χ3v) is 5.31. The standard InChI is InChI=1S/C21H18N4O3S/c1-21(2,3)19(14(10-22)12-7-8-16-17(9-12)28-11-27-16)23-20(26)13-5-4-6-15-18(13)29-25-24-15/h4-9H,11H2,1-3H3,(H,23,26). The van der Waals surface area contributed by atoms with Crippen LogP contribution < -0.4 is 14.8 Å². The fraction of sp³-hybridized carbons (Fsp3) is 0.238. The van der Waals surface area contributed by atoms with E-state index >= 15 is 0 Å². The van der Waals surface area contributed by atoms with Crippen LogP contribution in [0.25, 0.3) is 15.8 Å². The highest BCUT2D eigenvalue weighted by atomic mass is 32.1. The van der Waals surface area contributed by atoms with Gasteiger partial charge in [-0.25, -0.2) is 0 Å². The number of allylic oxidation sites excluding steroid dienone is 2. The molecule has 3 aromatic rings. The number of ether oxygens (including phenoxy) is 2. The summed E-state index contributed by atoms with van der Waals surface area (Å²) in [6.07, 6.45) is 0. The minimum Gasteiger partial charge on any atom is -0.454 e. The van der Waals surface area contributed by atoms with E-state index in [0.29, 0.717) is 44.1 Å². The molecule has 2 aromatic carbocycles. The van der Waals surface area contributed by atoms with Gasteiger partial charge in [0.2, 0.25) is 6.79 Å². The van der Waals surface area contributed by atoms with Gasteiger partial charge in [-0.15, -0.1) is 5.10 Å². The first kappa shape index (κ1) is 18.9. The monoisotopic (exact) mass is 406 g/mol. The highest BCUT2D eigenvalue weighted by Crippen LogP contribution is 2.37. The number of benzene rings is 2. The average molecular weight is 406 g/mol. The van der Waals surface area contributed by atoms with E-state index in [0.717, 1.165) is 0 Å². The van der Waals surface area contributed by atoms with Gasteiger partial charge in [0.15, 0.2) is 11.5 Å². The third kappa shape index (κ3) is 3.52. The van der Waals surface area contributed by atoms with Crippen LogP contribution in [0.5, 0.6) is 11.5 Å². The topological polar surface area (TPSA) is 97.1 Å². The number of carbonyl (C=O) groups is 1. The molecular formula is C21H18N4O3S. The molecule has 2 heterocycles. The van der Waals surface area contributed by atoms with Crippen molar-refractivity contribution in [1.29, 1.82) is 5.26 Å². The molecule has 0 saturated carbocycles. The van der Waals surface area contributed by atoms with Crippen molar-refractivity contribution in [3.8, 4) is 17.6 Å². The molecule has 0 spiro atoms. The first-order valence-electron chi connectivity index (χ1n) is 8.96. The smallest absolute Gasteiger partial charge is 0.257 e. The Kier molecular flexibility index (Phi) is 4.68. The van der Waals surface area contributed by atoms with Crippen LogP contribution in [0, 0.1) is 16.7 Å². The predicted octanol–water partition coefficient (Wildman–Crippen LogP) is 4.13.